The van der Waals surface area contributed by atoms with Crippen LogP contribution >= 0.6 is 11.8 Å². The Morgan fingerprint density at radius 2 is 1.47 bits per heavy atom. The Hall–Kier alpha value is -3.83. The fraction of sp³-hybridized carbons (Fsp3) is 0.0370. The second-order valence-electron chi connectivity index (χ2n) is 7.22. The van der Waals surface area contributed by atoms with Gasteiger partial charge in [-0.1, -0.05) is 66.7 Å². The third kappa shape index (κ3) is 3.79. The van der Waals surface area contributed by atoms with Crippen molar-refractivity contribution in [2.24, 2.45) is 4.99 Å². The molecule has 4 nitrogen and oxygen atoms in total. The smallest absolute Gasteiger partial charge is 0.271 e. The molecule has 1 aliphatic rings. The van der Waals surface area contributed by atoms with E-state index in [1.165, 1.54) is 11.8 Å². The van der Waals surface area contributed by atoms with Gasteiger partial charge in [-0.05, 0) is 59.1 Å². The molecule has 1 aliphatic heterocycles. The number of amidine groups is 1. The topological polar surface area (TPSA) is 41.9 Å². The summed E-state index contributed by atoms with van der Waals surface area (Å²) in [6.45, 7) is 0. The zero-order valence-electron chi connectivity index (χ0n) is 17.4. The molecule has 4 aromatic carbocycles. The molecule has 0 aromatic heterocycles. The van der Waals surface area contributed by atoms with E-state index in [4.69, 9.17) is 9.73 Å². The average molecular weight is 437 g/mol. The van der Waals surface area contributed by atoms with Crippen molar-refractivity contribution >= 4 is 51.1 Å². The lowest BCUT2D eigenvalue weighted by atomic mass is 10.0. The molecular weight excluding hydrogens is 416 g/mol. The third-order valence-corrected chi connectivity index (χ3v) is 6.19. The van der Waals surface area contributed by atoms with Gasteiger partial charge in [-0.25, -0.2) is 4.99 Å². The minimum Gasteiger partial charge on any atom is -0.496 e. The Labute approximate surface area is 190 Å². The highest BCUT2D eigenvalue weighted by Crippen LogP contribution is 2.38. The highest BCUT2D eigenvalue weighted by atomic mass is 32.2. The quantitative estimate of drug-likeness (QED) is 0.336. The predicted octanol–water partition coefficient (Wildman–Crippen LogP) is 6.66. The van der Waals surface area contributed by atoms with E-state index in [0.717, 1.165) is 33.5 Å². The van der Waals surface area contributed by atoms with Crippen molar-refractivity contribution in [1.29, 1.82) is 0 Å². The van der Waals surface area contributed by atoms with Gasteiger partial charge in [-0.3, -0.25) is 9.69 Å². The fourth-order valence-corrected chi connectivity index (χ4v) is 4.70. The van der Waals surface area contributed by atoms with Crippen molar-refractivity contribution in [3.05, 3.63) is 108 Å². The number of aliphatic imine (C=N–C) groups is 1. The molecule has 0 spiro atoms. The van der Waals surface area contributed by atoms with Gasteiger partial charge in [-0.15, -0.1) is 0 Å². The van der Waals surface area contributed by atoms with Crippen molar-refractivity contribution in [3.8, 4) is 5.75 Å². The molecule has 4 aromatic rings. The number of fused-ring (bicyclic) bond motifs is 1. The molecular formula is C27H20N2O2S. The van der Waals surface area contributed by atoms with E-state index in [2.05, 4.69) is 0 Å². The van der Waals surface area contributed by atoms with Crippen molar-refractivity contribution in [2.75, 3.05) is 12.0 Å². The summed E-state index contributed by atoms with van der Waals surface area (Å²) < 4.78 is 5.51. The van der Waals surface area contributed by atoms with Gasteiger partial charge < -0.3 is 4.74 Å². The van der Waals surface area contributed by atoms with Gasteiger partial charge in [0, 0.05) is 5.39 Å². The minimum absolute atomic E-state index is 0.0872. The molecule has 5 rings (SSSR count). The second kappa shape index (κ2) is 8.73. The number of ether oxygens (including phenoxy) is 1. The molecule has 1 saturated heterocycles. The van der Waals surface area contributed by atoms with Crippen LogP contribution in [0.2, 0.25) is 0 Å². The molecule has 0 saturated carbocycles. The summed E-state index contributed by atoms with van der Waals surface area (Å²) in [6.07, 6.45) is 1.94. The number of anilines is 1. The third-order valence-electron chi connectivity index (χ3n) is 5.23. The number of carbonyl (C=O) groups excluding carboxylic acids is 1. The number of amides is 1. The highest BCUT2D eigenvalue weighted by Gasteiger charge is 2.34. The summed E-state index contributed by atoms with van der Waals surface area (Å²) in [7, 11) is 1.67. The molecule has 1 heterocycles. The first kappa shape index (κ1) is 20.1. The Bertz CT molecular complexity index is 1350. The van der Waals surface area contributed by atoms with Crippen LogP contribution in [0.1, 0.15) is 5.56 Å². The Balaban J connectivity index is 1.62. The van der Waals surface area contributed by atoms with Crippen LogP contribution in [0.3, 0.4) is 0 Å². The van der Waals surface area contributed by atoms with E-state index >= 15 is 0 Å². The van der Waals surface area contributed by atoms with E-state index in [-0.39, 0.29) is 5.91 Å². The molecule has 0 aliphatic carbocycles. The average Bonchev–Trinajstić information content (AvgIpc) is 3.14. The van der Waals surface area contributed by atoms with Crippen LogP contribution in [0.15, 0.2) is 107 Å². The summed E-state index contributed by atoms with van der Waals surface area (Å²) in [5.41, 5.74) is 2.56. The summed E-state index contributed by atoms with van der Waals surface area (Å²) in [5, 5.41) is 2.68. The number of hydrogen-bond acceptors (Lipinski definition) is 4. The number of thioether (sulfide) groups is 1. The van der Waals surface area contributed by atoms with Crippen molar-refractivity contribution in [3.63, 3.8) is 0 Å². The van der Waals surface area contributed by atoms with Gasteiger partial charge in [0.15, 0.2) is 5.17 Å². The zero-order valence-corrected chi connectivity index (χ0v) is 18.3. The van der Waals surface area contributed by atoms with Gasteiger partial charge in [0.2, 0.25) is 0 Å². The number of benzene rings is 4. The van der Waals surface area contributed by atoms with Crippen LogP contribution < -0.4 is 9.64 Å². The number of nitrogens with zero attached hydrogens (tertiary/aromatic N) is 2. The predicted molar refractivity (Wildman–Crippen MR) is 134 cm³/mol. The van der Waals surface area contributed by atoms with Crippen LogP contribution in [0.5, 0.6) is 5.75 Å². The van der Waals surface area contributed by atoms with Crippen molar-refractivity contribution in [1.82, 2.24) is 0 Å². The van der Waals surface area contributed by atoms with Crippen LogP contribution in [0, 0.1) is 0 Å². The number of hydrogen-bond donors (Lipinski definition) is 0. The Morgan fingerprint density at radius 1 is 0.812 bits per heavy atom. The monoisotopic (exact) mass is 436 g/mol. The lowest BCUT2D eigenvalue weighted by Crippen LogP contribution is -2.28. The van der Waals surface area contributed by atoms with Crippen LogP contribution in [-0.2, 0) is 4.79 Å². The number of methoxy groups -OCH3 is 1. The van der Waals surface area contributed by atoms with E-state index in [1.54, 1.807) is 12.0 Å². The first-order valence-corrected chi connectivity index (χ1v) is 11.0. The van der Waals surface area contributed by atoms with Crippen LogP contribution in [0.4, 0.5) is 11.4 Å². The molecule has 0 bridgehead atoms. The largest absolute Gasteiger partial charge is 0.496 e. The summed E-state index contributed by atoms with van der Waals surface area (Å²) in [4.78, 5) is 20.6. The standard InChI is InChI=1S/C27H20N2O2S/c1-31-24-17-16-19(22-14-8-9-15-23(22)24)18-25-26(30)29(21-12-6-3-7-13-21)27(32-25)28-20-10-4-2-5-11-20/h2-18H,1H3/b25-18+,28-27?. The van der Waals surface area contributed by atoms with Gasteiger partial charge in [0.25, 0.3) is 5.91 Å². The second-order valence-corrected chi connectivity index (χ2v) is 8.23. The Morgan fingerprint density at radius 3 is 2.19 bits per heavy atom. The van der Waals surface area contributed by atoms with Crippen molar-refractivity contribution < 1.29 is 9.53 Å². The number of rotatable bonds is 4. The normalized spacial score (nSPS) is 16.3. The minimum atomic E-state index is -0.0872. The fourth-order valence-electron chi connectivity index (χ4n) is 3.71. The number of para-hydroxylation sites is 2. The molecule has 0 atom stereocenters. The van der Waals surface area contributed by atoms with E-state index in [1.807, 2.05) is 103 Å². The molecule has 0 N–H and O–H groups in total. The molecule has 1 fully saturated rings. The summed E-state index contributed by atoms with van der Waals surface area (Å²) in [6, 6.07) is 31.3. The molecule has 156 valence electrons. The SMILES string of the molecule is COc1ccc(/C=C2/SC(=Nc3ccccc3)N(c3ccccc3)C2=O)c2ccccc12. The number of carbonyl (C=O) groups is 1. The van der Waals surface area contributed by atoms with E-state index in [0.29, 0.717) is 10.1 Å². The van der Waals surface area contributed by atoms with Crippen LogP contribution in [-0.4, -0.2) is 18.2 Å². The summed E-state index contributed by atoms with van der Waals surface area (Å²) >= 11 is 1.39. The highest BCUT2D eigenvalue weighted by molar-refractivity contribution is 8.19. The van der Waals surface area contributed by atoms with Gasteiger partial charge in [-0.2, -0.15) is 0 Å². The maximum Gasteiger partial charge on any atom is 0.271 e. The van der Waals surface area contributed by atoms with Crippen molar-refractivity contribution in [2.45, 2.75) is 0 Å². The molecule has 32 heavy (non-hydrogen) atoms. The van der Waals surface area contributed by atoms with Crippen LogP contribution in [0.25, 0.3) is 16.8 Å². The lowest BCUT2D eigenvalue weighted by Gasteiger charge is -2.15. The maximum absolute atomic E-state index is 13.5. The maximum atomic E-state index is 13.5. The van der Waals surface area contributed by atoms with Gasteiger partial charge in [0.05, 0.1) is 23.4 Å². The molecule has 1 amide bonds. The summed E-state index contributed by atoms with van der Waals surface area (Å²) in [5.74, 6) is 0.723. The molecule has 5 heteroatoms. The van der Waals surface area contributed by atoms with E-state index in [9.17, 15) is 4.79 Å². The van der Waals surface area contributed by atoms with Gasteiger partial charge >= 0.3 is 0 Å². The lowest BCUT2D eigenvalue weighted by molar-refractivity contribution is -0.113. The van der Waals surface area contributed by atoms with E-state index < -0.39 is 0 Å². The first-order valence-electron chi connectivity index (χ1n) is 10.2. The van der Waals surface area contributed by atoms with Gasteiger partial charge in [0.1, 0.15) is 5.75 Å². The molecule has 0 radical (unpaired) electrons. The molecule has 0 unspecified atom stereocenters. The zero-order chi connectivity index (χ0) is 21.9. The Kier molecular flexibility index (Phi) is 5.48. The first-order chi connectivity index (χ1) is 15.7.